The third-order valence-corrected chi connectivity index (χ3v) is 2.61. The number of nitrogens with zero attached hydrogens (tertiary/aromatic N) is 4. The summed E-state index contributed by atoms with van der Waals surface area (Å²) in [5, 5.41) is 18.0. The Morgan fingerprint density at radius 2 is 2.22 bits per heavy atom. The fraction of sp³-hybridized carbons (Fsp3) is 0.417. The van der Waals surface area contributed by atoms with Crippen molar-refractivity contribution >= 4 is 0 Å². The maximum absolute atomic E-state index is 10.2. The molecule has 0 aliphatic heterocycles. The maximum Gasteiger partial charge on any atom is 0.233 e. The molecule has 0 saturated carbocycles. The summed E-state index contributed by atoms with van der Waals surface area (Å²) in [7, 11) is 1.52. The molecule has 1 unspecified atom stereocenters. The van der Waals surface area contributed by atoms with Crippen molar-refractivity contribution in [1.29, 1.82) is 0 Å². The van der Waals surface area contributed by atoms with Gasteiger partial charge in [0.2, 0.25) is 5.88 Å². The van der Waals surface area contributed by atoms with E-state index in [1.807, 2.05) is 10.8 Å². The van der Waals surface area contributed by atoms with Crippen molar-refractivity contribution in [3.8, 4) is 5.88 Å². The first-order chi connectivity index (χ1) is 8.76. The third-order valence-electron chi connectivity index (χ3n) is 2.61. The SMILES string of the molecule is CCCn1ccnc1C(O)c1ccc(OC)nn1. The molecule has 2 rings (SSSR count). The molecule has 0 aliphatic carbocycles. The number of aliphatic hydroxyl groups is 1. The van der Waals surface area contributed by atoms with E-state index in [4.69, 9.17) is 4.74 Å². The molecule has 1 N–H and O–H groups in total. The van der Waals surface area contributed by atoms with E-state index in [2.05, 4.69) is 22.1 Å². The monoisotopic (exact) mass is 248 g/mol. The Morgan fingerprint density at radius 3 is 2.83 bits per heavy atom. The highest BCUT2D eigenvalue weighted by Crippen LogP contribution is 2.19. The van der Waals surface area contributed by atoms with Crippen molar-refractivity contribution in [2.45, 2.75) is 26.0 Å². The first kappa shape index (κ1) is 12.5. The van der Waals surface area contributed by atoms with Gasteiger partial charge in [-0.1, -0.05) is 6.92 Å². The number of hydrogen-bond donors (Lipinski definition) is 1. The minimum atomic E-state index is -0.870. The van der Waals surface area contributed by atoms with E-state index in [1.54, 1.807) is 18.3 Å². The van der Waals surface area contributed by atoms with Gasteiger partial charge in [-0.2, -0.15) is 0 Å². The van der Waals surface area contributed by atoms with Crippen LogP contribution in [0.3, 0.4) is 0 Å². The van der Waals surface area contributed by atoms with Crippen LogP contribution in [0, 0.1) is 0 Å². The lowest BCUT2D eigenvalue weighted by Gasteiger charge is -2.11. The molecule has 0 aromatic carbocycles. The van der Waals surface area contributed by atoms with Crippen LogP contribution in [0.4, 0.5) is 0 Å². The van der Waals surface area contributed by atoms with Gasteiger partial charge in [0.1, 0.15) is 5.82 Å². The molecular formula is C12H16N4O2. The van der Waals surface area contributed by atoms with Gasteiger partial charge in [-0.05, 0) is 12.5 Å². The average Bonchev–Trinajstić information content (AvgIpc) is 2.87. The predicted octanol–water partition coefficient (Wildman–Crippen LogP) is 1.17. The Morgan fingerprint density at radius 1 is 1.39 bits per heavy atom. The molecule has 0 spiro atoms. The normalized spacial score (nSPS) is 12.4. The third kappa shape index (κ3) is 2.48. The van der Waals surface area contributed by atoms with Crippen LogP contribution in [0.2, 0.25) is 0 Å². The zero-order valence-corrected chi connectivity index (χ0v) is 10.4. The Balaban J connectivity index is 2.23. The minimum absolute atomic E-state index is 0.419. The lowest BCUT2D eigenvalue weighted by Crippen LogP contribution is -2.11. The minimum Gasteiger partial charge on any atom is -0.480 e. The van der Waals surface area contributed by atoms with E-state index in [9.17, 15) is 5.11 Å². The Bertz CT molecular complexity index is 495. The van der Waals surface area contributed by atoms with Crippen molar-refractivity contribution in [1.82, 2.24) is 19.7 Å². The van der Waals surface area contributed by atoms with Crippen LogP contribution in [-0.4, -0.2) is 32.0 Å². The molecule has 18 heavy (non-hydrogen) atoms. The standard InChI is InChI=1S/C12H16N4O2/c1-3-7-16-8-6-13-12(16)11(17)9-4-5-10(18-2)15-14-9/h4-6,8,11,17H,3,7H2,1-2H3. The smallest absolute Gasteiger partial charge is 0.233 e. The van der Waals surface area contributed by atoms with Crippen molar-refractivity contribution < 1.29 is 9.84 Å². The Hall–Kier alpha value is -1.95. The van der Waals surface area contributed by atoms with E-state index >= 15 is 0 Å². The highest BCUT2D eigenvalue weighted by Gasteiger charge is 2.17. The summed E-state index contributed by atoms with van der Waals surface area (Å²) < 4.78 is 6.84. The molecule has 0 bridgehead atoms. The first-order valence-electron chi connectivity index (χ1n) is 5.83. The molecule has 0 fully saturated rings. The Kier molecular flexibility index (Phi) is 3.88. The molecule has 96 valence electrons. The topological polar surface area (TPSA) is 73.1 Å². The summed E-state index contributed by atoms with van der Waals surface area (Å²) in [6.45, 7) is 2.89. The number of imidazole rings is 1. The second kappa shape index (κ2) is 5.59. The van der Waals surface area contributed by atoms with Crippen molar-refractivity contribution in [3.05, 3.63) is 36.0 Å². The molecule has 2 aromatic rings. The number of rotatable bonds is 5. The van der Waals surface area contributed by atoms with Crippen molar-refractivity contribution in [2.75, 3.05) is 7.11 Å². The van der Waals surface area contributed by atoms with E-state index in [1.165, 1.54) is 7.11 Å². The van der Waals surface area contributed by atoms with Crippen LogP contribution in [0.1, 0.15) is 31.0 Å². The van der Waals surface area contributed by atoms with Gasteiger partial charge in [0.15, 0.2) is 6.10 Å². The van der Waals surface area contributed by atoms with Gasteiger partial charge in [-0.15, -0.1) is 10.2 Å². The second-order valence-corrected chi connectivity index (χ2v) is 3.88. The predicted molar refractivity (Wildman–Crippen MR) is 65.2 cm³/mol. The maximum atomic E-state index is 10.2. The van der Waals surface area contributed by atoms with E-state index in [0.717, 1.165) is 13.0 Å². The zero-order valence-electron chi connectivity index (χ0n) is 10.4. The zero-order chi connectivity index (χ0) is 13.0. The number of methoxy groups -OCH3 is 1. The first-order valence-corrected chi connectivity index (χ1v) is 5.83. The highest BCUT2D eigenvalue weighted by molar-refractivity contribution is 5.18. The summed E-state index contributed by atoms with van der Waals surface area (Å²) in [4.78, 5) is 4.17. The van der Waals surface area contributed by atoms with Crippen LogP contribution in [0.5, 0.6) is 5.88 Å². The number of aromatic nitrogens is 4. The second-order valence-electron chi connectivity index (χ2n) is 3.88. The van der Waals surface area contributed by atoms with E-state index in [-0.39, 0.29) is 0 Å². The van der Waals surface area contributed by atoms with Gasteiger partial charge in [-0.3, -0.25) is 0 Å². The van der Waals surface area contributed by atoms with Crippen molar-refractivity contribution in [3.63, 3.8) is 0 Å². The molecule has 6 heteroatoms. The fourth-order valence-corrected chi connectivity index (χ4v) is 1.72. The lowest BCUT2D eigenvalue weighted by atomic mass is 10.2. The van der Waals surface area contributed by atoms with Gasteiger partial charge in [0.25, 0.3) is 0 Å². The number of hydrogen-bond acceptors (Lipinski definition) is 5. The molecule has 0 radical (unpaired) electrons. The largest absolute Gasteiger partial charge is 0.480 e. The van der Waals surface area contributed by atoms with E-state index < -0.39 is 6.10 Å². The van der Waals surface area contributed by atoms with Crippen LogP contribution < -0.4 is 4.74 Å². The molecule has 0 aliphatic rings. The van der Waals surface area contributed by atoms with Crippen LogP contribution in [-0.2, 0) is 6.54 Å². The number of ether oxygens (including phenoxy) is 1. The molecule has 1 atom stereocenters. The molecule has 0 saturated heterocycles. The quantitative estimate of drug-likeness (QED) is 0.860. The van der Waals surface area contributed by atoms with Gasteiger partial charge in [0, 0.05) is 25.0 Å². The lowest BCUT2D eigenvalue weighted by molar-refractivity contribution is 0.197. The highest BCUT2D eigenvalue weighted by atomic mass is 16.5. The Labute approximate surface area is 105 Å². The summed E-state index contributed by atoms with van der Waals surface area (Å²) in [5.74, 6) is 0.999. The molecule has 0 amide bonds. The summed E-state index contributed by atoms with van der Waals surface area (Å²) in [6, 6.07) is 3.35. The molecule has 2 aromatic heterocycles. The number of aryl methyl sites for hydroxylation is 1. The summed E-state index contributed by atoms with van der Waals surface area (Å²) in [6.07, 6.45) is 3.62. The van der Waals surface area contributed by atoms with Crippen LogP contribution in [0.15, 0.2) is 24.5 Å². The van der Waals surface area contributed by atoms with E-state index in [0.29, 0.717) is 17.4 Å². The summed E-state index contributed by atoms with van der Waals surface area (Å²) >= 11 is 0. The molecular weight excluding hydrogens is 232 g/mol. The summed E-state index contributed by atoms with van der Waals surface area (Å²) in [5.41, 5.74) is 0.458. The average molecular weight is 248 g/mol. The van der Waals surface area contributed by atoms with Gasteiger partial charge < -0.3 is 14.4 Å². The van der Waals surface area contributed by atoms with Crippen LogP contribution in [0.25, 0.3) is 0 Å². The number of aliphatic hydroxyl groups excluding tert-OH is 1. The van der Waals surface area contributed by atoms with Crippen molar-refractivity contribution in [2.24, 2.45) is 0 Å². The fourth-order valence-electron chi connectivity index (χ4n) is 1.72. The van der Waals surface area contributed by atoms with Gasteiger partial charge in [0.05, 0.1) is 12.8 Å². The van der Waals surface area contributed by atoms with Gasteiger partial charge >= 0.3 is 0 Å². The van der Waals surface area contributed by atoms with Gasteiger partial charge in [-0.25, -0.2) is 4.98 Å². The molecule has 6 nitrogen and oxygen atoms in total. The molecule has 2 heterocycles. The van der Waals surface area contributed by atoms with Crippen LogP contribution >= 0.6 is 0 Å².